The second-order valence-electron chi connectivity index (χ2n) is 5.52. The monoisotopic (exact) mass is 333 g/mol. The van der Waals surface area contributed by atoms with Gasteiger partial charge in [-0.3, -0.25) is 9.59 Å². The number of para-hydroxylation sites is 1. The summed E-state index contributed by atoms with van der Waals surface area (Å²) >= 11 is 0. The maximum atomic E-state index is 12.0. The zero-order chi connectivity index (χ0) is 18.4. The molecule has 0 aliphatic heterocycles. The van der Waals surface area contributed by atoms with Crippen molar-refractivity contribution in [3.05, 3.63) is 36.0 Å². The molecule has 24 heavy (non-hydrogen) atoms. The second-order valence-corrected chi connectivity index (χ2v) is 5.52. The largest absolute Gasteiger partial charge is 0.480 e. The highest BCUT2D eigenvalue weighted by molar-refractivity contribution is 5.87. The summed E-state index contributed by atoms with van der Waals surface area (Å²) in [7, 11) is 0. The Kier molecular flexibility index (Phi) is 5.07. The number of hydrogen-bond donors (Lipinski definition) is 5. The van der Waals surface area contributed by atoms with Gasteiger partial charge in [-0.2, -0.15) is 0 Å². The summed E-state index contributed by atoms with van der Waals surface area (Å²) in [6.07, 6.45) is 1.75. The van der Waals surface area contributed by atoms with E-state index in [0.717, 1.165) is 16.5 Å². The zero-order valence-electron chi connectivity index (χ0n) is 13.9. The molecule has 2 atom stereocenters. The molecule has 8 nitrogen and oxygen atoms in total. The van der Waals surface area contributed by atoms with E-state index in [1.807, 2.05) is 30.0 Å². The van der Waals surface area contributed by atoms with Crippen molar-refractivity contribution in [1.29, 1.82) is 0 Å². The molecule has 0 spiro atoms. The number of benzene rings is 1. The SMILES string of the molecule is [2H]N[C@H](CCC(=O)N[C@@H](Cc1c[nH]c2ccccc12)C(=O)O)C(N)=O. The molecule has 0 saturated carbocycles. The van der Waals surface area contributed by atoms with E-state index in [0.29, 0.717) is 0 Å². The van der Waals surface area contributed by atoms with E-state index in [4.69, 9.17) is 7.15 Å². The molecule has 0 aliphatic rings. The number of nitrogens with two attached hydrogens (primary N) is 2. The minimum Gasteiger partial charge on any atom is -0.480 e. The molecule has 2 rings (SSSR count). The minimum absolute atomic E-state index is 0.0179. The van der Waals surface area contributed by atoms with Gasteiger partial charge in [0.1, 0.15) is 7.45 Å². The van der Waals surface area contributed by atoms with Gasteiger partial charge in [0.05, 0.1) is 6.04 Å². The molecule has 1 aromatic heterocycles. The van der Waals surface area contributed by atoms with E-state index in [9.17, 15) is 19.5 Å². The van der Waals surface area contributed by atoms with Crippen LogP contribution >= 0.6 is 0 Å². The Balaban J connectivity index is 2.00. The van der Waals surface area contributed by atoms with Gasteiger partial charge in [-0.1, -0.05) is 18.2 Å². The highest BCUT2D eigenvalue weighted by atomic mass is 16.4. The molecule has 7 N–H and O–H groups in total. The highest BCUT2D eigenvalue weighted by Gasteiger charge is 2.22. The first-order chi connectivity index (χ1) is 11.9. The summed E-state index contributed by atoms with van der Waals surface area (Å²) in [5.41, 5.74) is 8.71. The number of aromatic nitrogens is 1. The third kappa shape index (κ3) is 4.32. The van der Waals surface area contributed by atoms with Crippen molar-refractivity contribution < 1.29 is 20.9 Å². The predicted molar refractivity (Wildman–Crippen MR) is 88.0 cm³/mol. The fourth-order valence-electron chi connectivity index (χ4n) is 2.40. The lowest BCUT2D eigenvalue weighted by Gasteiger charge is -2.15. The molecule has 1 aromatic carbocycles. The summed E-state index contributed by atoms with van der Waals surface area (Å²) in [6.45, 7) is 0. The van der Waals surface area contributed by atoms with Crippen LogP contribution in [0.5, 0.6) is 0 Å². The molecule has 2 amide bonds. The molecule has 0 radical (unpaired) electrons. The summed E-state index contributed by atoms with van der Waals surface area (Å²) in [5.74, 6) is -2.41. The van der Waals surface area contributed by atoms with Crippen LogP contribution in [0.1, 0.15) is 18.4 Å². The van der Waals surface area contributed by atoms with Crippen LogP contribution in [0.3, 0.4) is 0 Å². The Morgan fingerprint density at radius 2 is 2.08 bits per heavy atom. The van der Waals surface area contributed by atoms with Gasteiger partial charge in [0.2, 0.25) is 11.8 Å². The van der Waals surface area contributed by atoms with Crippen molar-refractivity contribution in [1.82, 2.24) is 10.3 Å². The van der Waals surface area contributed by atoms with Crippen LogP contribution in [0.2, 0.25) is 1.41 Å². The van der Waals surface area contributed by atoms with Gasteiger partial charge in [0.15, 0.2) is 0 Å². The number of primary amides is 1. The Hall–Kier alpha value is -2.87. The smallest absolute Gasteiger partial charge is 0.326 e. The van der Waals surface area contributed by atoms with E-state index in [1.165, 1.54) is 0 Å². The van der Waals surface area contributed by atoms with Crippen LogP contribution in [0.4, 0.5) is 0 Å². The maximum absolute atomic E-state index is 12.0. The highest BCUT2D eigenvalue weighted by Crippen LogP contribution is 2.19. The van der Waals surface area contributed by atoms with Crippen molar-refractivity contribution in [2.45, 2.75) is 31.3 Å². The number of carbonyl (C=O) groups is 3. The molecule has 0 saturated heterocycles. The van der Waals surface area contributed by atoms with Crippen LogP contribution in [0.15, 0.2) is 30.5 Å². The normalized spacial score (nSPS) is 13.9. The third-order valence-electron chi connectivity index (χ3n) is 3.74. The standard InChI is InChI=1S/C16H20N4O4/c17-11(15(18)22)5-6-14(21)20-13(16(23)24)7-9-8-19-12-4-2-1-3-10(9)12/h1-4,8,11,13,19H,5-7,17H2,(H2,18,22)(H,20,21)(H,23,24)/t11-,13+/m1/s1/i/hD. The van der Waals surface area contributed by atoms with Crippen molar-refractivity contribution in [3.63, 3.8) is 0 Å². The Morgan fingerprint density at radius 1 is 1.33 bits per heavy atom. The van der Waals surface area contributed by atoms with Crippen LogP contribution in [0.25, 0.3) is 10.9 Å². The van der Waals surface area contributed by atoms with E-state index in [2.05, 4.69) is 10.3 Å². The number of H-pyrrole nitrogens is 1. The number of carbonyl (C=O) groups excluding carboxylic acids is 2. The molecule has 0 unspecified atom stereocenters. The number of fused-ring (bicyclic) bond motifs is 1. The van der Waals surface area contributed by atoms with E-state index >= 15 is 0 Å². The average molecular weight is 333 g/mol. The number of hydrogen-bond acceptors (Lipinski definition) is 4. The summed E-state index contributed by atoms with van der Waals surface area (Å²) in [6, 6.07) is 5.43. The lowest BCUT2D eigenvalue weighted by atomic mass is 10.0. The predicted octanol–water partition coefficient (Wildman–Crippen LogP) is -0.127. The van der Waals surface area contributed by atoms with Gasteiger partial charge in [0.25, 0.3) is 0 Å². The third-order valence-corrected chi connectivity index (χ3v) is 3.74. The molecule has 1 heterocycles. The van der Waals surface area contributed by atoms with E-state index in [-0.39, 0.29) is 19.3 Å². The molecular formula is C16H20N4O4. The van der Waals surface area contributed by atoms with Gasteiger partial charge in [-0.25, -0.2) is 4.79 Å². The number of nitrogens with one attached hydrogen (secondary N) is 2. The Morgan fingerprint density at radius 3 is 2.75 bits per heavy atom. The number of aromatic amines is 1. The molecule has 128 valence electrons. The number of carboxylic acids is 1. The Labute approximate surface area is 139 Å². The summed E-state index contributed by atoms with van der Waals surface area (Å²) < 4.78 is 6.97. The number of carboxylic acid groups (broad SMARTS) is 1. The Bertz CT molecular complexity index is 776. The van der Waals surface area contributed by atoms with Crippen LogP contribution in [-0.2, 0) is 20.8 Å². The van der Waals surface area contributed by atoms with Gasteiger partial charge < -0.3 is 26.9 Å². The summed E-state index contributed by atoms with van der Waals surface area (Å²) in [4.78, 5) is 37.5. The van der Waals surface area contributed by atoms with Gasteiger partial charge in [-0.05, 0) is 18.1 Å². The molecule has 2 aromatic rings. The van der Waals surface area contributed by atoms with Gasteiger partial charge >= 0.3 is 5.97 Å². The minimum atomic E-state index is -1.15. The molecule has 8 heteroatoms. The molecule has 0 fully saturated rings. The van der Waals surface area contributed by atoms with Crippen LogP contribution in [0, 0.1) is 0 Å². The molecular weight excluding hydrogens is 312 g/mol. The van der Waals surface area contributed by atoms with Crippen LogP contribution in [-0.4, -0.2) is 40.0 Å². The molecule has 0 bridgehead atoms. The first kappa shape index (κ1) is 16.0. The fraction of sp³-hybridized carbons (Fsp3) is 0.312. The van der Waals surface area contributed by atoms with Crippen molar-refractivity contribution in [2.75, 3.05) is 0 Å². The van der Waals surface area contributed by atoms with Gasteiger partial charge in [0, 0.05) is 29.9 Å². The van der Waals surface area contributed by atoms with Crippen molar-refractivity contribution >= 4 is 28.7 Å². The first-order valence-corrected chi connectivity index (χ1v) is 7.46. The van der Waals surface area contributed by atoms with E-state index < -0.39 is 29.9 Å². The quantitative estimate of drug-likeness (QED) is 0.433. The lowest BCUT2D eigenvalue weighted by molar-refractivity contribution is -0.141. The van der Waals surface area contributed by atoms with Gasteiger partial charge in [-0.15, -0.1) is 0 Å². The van der Waals surface area contributed by atoms with Crippen molar-refractivity contribution in [2.24, 2.45) is 11.5 Å². The molecule has 0 aliphatic carbocycles. The second kappa shape index (κ2) is 7.60. The fourth-order valence-corrected chi connectivity index (χ4v) is 2.40. The first-order valence-electron chi connectivity index (χ1n) is 7.96. The topological polar surface area (TPSA) is 151 Å². The van der Waals surface area contributed by atoms with Crippen LogP contribution < -0.4 is 16.8 Å². The van der Waals surface area contributed by atoms with E-state index in [1.54, 1.807) is 6.20 Å². The lowest BCUT2D eigenvalue weighted by Crippen LogP contribution is -2.43. The summed E-state index contributed by atoms with van der Waals surface area (Å²) in [5, 5.41) is 12.7. The van der Waals surface area contributed by atoms with Crippen molar-refractivity contribution in [3.8, 4) is 0 Å². The maximum Gasteiger partial charge on any atom is 0.326 e. The number of amides is 2. The average Bonchev–Trinajstić information content (AvgIpc) is 2.97. The zero-order valence-corrected chi connectivity index (χ0v) is 12.9. The number of rotatable bonds is 9. The number of aliphatic carboxylic acids is 1.